The van der Waals surface area contributed by atoms with Gasteiger partial charge in [0.2, 0.25) is 0 Å². The van der Waals surface area contributed by atoms with Crippen LogP contribution in [-0.2, 0) is 11.3 Å². The Morgan fingerprint density at radius 2 is 1.80 bits per heavy atom. The standard InChI is InChI=1S/C23H24N6O/c1-2-4-19(5-3-1)22-23(20-14-25-16-26-20)29(17-27-22)15-21(18-6-8-24-9-7-18)28-10-12-30-13-11-28/h1-9,14,16-17,21H,10-13,15H2,(H,25,26). The summed E-state index contributed by atoms with van der Waals surface area (Å²) in [5.74, 6) is 0. The summed E-state index contributed by atoms with van der Waals surface area (Å²) < 4.78 is 7.83. The van der Waals surface area contributed by atoms with Gasteiger partial charge in [-0.3, -0.25) is 9.88 Å². The summed E-state index contributed by atoms with van der Waals surface area (Å²) in [7, 11) is 0. The highest BCUT2D eigenvalue weighted by molar-refractivity contribution is 5.76. The Kier molecular flexibility index (Phi) is 5.37. The molecule has 4 aromatic rings. The third-order valence-corrected chi connectivity index (χ3v) is 5.59. The number of hydrogen-bond acceptors (Lipinski definition) is 5. The molecular weight excluding hydrogens is 376 g/mol. The van der Waals surface area contributed by atoms with Crippen LogP contribution in [-0.4, -0.2) is 55.7 Å². The smallest absolute Gasteiger partial charge is 0.0979 e. The van der Waals surface area contributed by atoms with Crippen LogP contribution in [0.2, 0.25) is 0 Å². The maximum Gasteiger partial charge on any atom is 0.0979 e. The van der Waals surface area contributed by atoms with Crippen LogP contribution < -0.4 is 0 Å². The van der Waals surface area contributed by atoms with Gasteiger partial charge in [0.05, 0.1) is 55.2 Å². The van der Waals surface area contributed by atoms with Crippen molar-refractivity contribution in [2.75, 3.05) is 26.3 Å². The van der Waals surface area contributed by atoms with Crippen molar-refractivity contribution >= 4 is 0 Å². The van der Waals surface area contributed by atoms with E-state index >= 15 is 0 Å². The van der Waals surface area contributed by atoms with Crippen LogP contribution >= 0.6 is 0 Å². The van der Waals surface area contributed by atoms with Crippen molar-refractivity contribution in [1.82, 2.24) is 29.4 Å². The lowest BCUT2D eigenvalue weighted by Crippen LogP contribution is -2.40. The Labute approximate surface area is 175 Å². The van der Waals surface area contributed by atoms with Crippen LogP contribution in [0.15, 0.2) is 73.7 Å². The molecule has 4 heterocycles. The summed E-state index contributed by atoms with van der Waals surface area (Å²) >= 11 is 0. The lowest BCUT2D eigenvalue weighted by Gasteiger charge is -2.35. The maximum atomic E-state index is 5.59. The minimum Gasteiger partial charge on any atom is -0.379 e. The molecule has 1 saturated heterocycles. The molecule has 0 spiro atoms. The third-order valence-electron chi connectivity index (χ3n) is 5.59. The van der Waals surface area contributed by atoms with Crippen LogP contribution in [0.5, 0.6) is 0 Å². The molecule has 0 amide bonds. The molecule has 0 saturated carbocycles. The Morgan fingerprint density at radius 3 is 2.53 bits per heavy atom. The predicted octanol–water partition coefficient (Wildman–Crippen LogP) is 3.41. The second-order valence-corrected chi connectivity index (χ2v) is 7.37. The van der Waals surface area contributed by atoms with Gasteiger partial charge in [0.25, 0.3) is 0 Å². The number of nitrogens with one attached hydrogen (secondary N) is 1. The zero-order valence-electron chi connectivity index (χ0n) is 16.7. The first kappa shape index (κ1) is 18.7. The lowest BCUT2D eigenvalue weighted by molar-refractivity contribution is 0.0124. The van der Waals surface area contributed by atoms with E-state index in [4.69, 9.17) is 9.72 Å². The van der Waals surface area contributed by atoms with E-state index in [0.717, 1.165) is 55.5 Å². The molecule has 30 heavy (non-hydrogen) atoms. The summed E-state index contributed by atoms with van der Waals surface area (Å²) in [5, 5.41) is 0. The van der Waals surface area contributed by atoms with E-state index in [1.165, 1.54) is 5.56 Å². The highest BCUT2D eigenvalue weighted by Crippen LogP contribution is 2.32. The molecule has 152 valence electrons. The molecule has 1 aromatic carbocycles. The minimum atomic E-state index is 0.205. The van der Waals surface area contributed by atoms with Gasteiger partial charge >= 0.3 is 0 Å². The van der Waals surface area contributed by atoms with Gasteiger partial charge in [-0.05, 0) is 17.7 Å². The molecule has 7 heteroatoms. The van der Waals surface area contributed by atoms with Crippen molar-refractivity contribution < 1.29 is 4.74 Å². The van der Waals surface area contributed by atoms with Gasteiger partial charge in [-0.2, -0.15) is 0 Å². The van der Waals surface area contributed by atoms with Crippen molar-refractivity contribution in [3.63, 3.8) is 0 Å². The monoisotopic (exact) mass is 400 g/mol. The first-order chi connectivity index (χ1) is 14.9. The fraction of sp³-hybridized carbons (Fsp3) is 0.261. The summed E-state index contributed by atoms with van der Waals surface area (Å²) in [4.78, 5) is 19.0. The average Bonchev–Trinajstić information content (AvgIpc) is 3.49. The number of aromatic nitrogens is 5. The zero-order chi connectivity index (χ0) is 20.2. The van der Waals surface area contributed by atoms with Crippen LogP contribution in [0, 0.1) is 0 Å². The molecule has 1 aliphatic heterocycles. The largest absolute Gasteiger partial charge is 0.379 e. The number of rotatable bonds is 6. The molecule has 0 bridgehead atoms. The summed E-state index contributed by atoms with van der Waals surface area (Å²) in [6.45, 7) is 4.11. The van der Waals surface area contributed by atoms with E-state index in [1.54, 1.807) is 6.33 Å². The van der Waals surface area contributed by atoms with Crippen molar-refractivity contribution in [2.45, 2.75) is 12.6 Å². The topological polar surface area (TPSA) is 71.9 Å². The van der Waals surface area contributed by atoms with E-state index in [-0.39, 0.29) is 6.04 Å². The Morgan fingerprint density at radius 1 is 1.00 bits per heavy atom. The zero-order valence-corrected chi connectivity index (χ0v) is 16.7. The number of ether oxygens (including phenoxy) is 1. The Hall–Kier alpha value is -3.29. The molecule has 5 rings (SSSR count). The number of aromatic amines is 1. The number of hydrogen-bond donors (Lipinski definition) is 1. The van der Waals surface area contributed by atoms with Gasteiger partial charge in [-0.25, -0.2) is 9.97 Å². The second kappa shape index (κ2) is 8.61. The van der Waals surface area contributed by atoms with Crippen molar-refractivity contribution in [3.8, 4) is 22.6 Å². The van der Waals surface area contributed by atoms with Gasteiger partial charge < -0.3 is 14.3 Å². The summed E-state index contributed by atoms with van der Waals surface area (Å²) in [6, 6.07) is 14.7. The highest BCUT2D eigenvalue weighted by Gasteiger charge is 2.25. The number of H-pyrrole nitrogens is 1. The van der Waals surface area contributed by atoms with Crippen LogP contribution in [0.3, 0.4) is 0 Å². The number of imidazole rings is 2. The predicted molar refractivity (Wildman–Crippen MR) is 115 cm³/mol. The molecule has 0 aliphatic carbocycles. The minimum absolute atomic E-state index is 0.205. The average molecular weight is 400 g/mol. The number of pyridine rings is 1. The highest BCUT2D eigenvalue weighted by atomic mass is 16.5. The molecule has 1 aliphatic rings. The molecule has 1 unspecified atom stereocenters. The van der Waals surface area contributed by atoms with Crippen molar-refractivity contribution in [1.29, 1.82) is 0 Å². The Bertz CT molecular complexity index is 1060. The molecule has 7 nitrogen and oxygen atoms in total. The van der Waals surface area contributed by atoms with E-state index in [0.29, 0.717) is 0 Å². The van der Waals surface area contributed by atoms with Gasteiger partial charge in [0.15, 0.2) is 0 Å². The van der Waals surface area contributed by atoms with Gasteiger partial charge in [0.1, 0.15) is 0 Å². The van der Waals surface area contributed by atoms with Crippen LogP contribution in [0.1, 0.15) is 11.6 Å². The molecule has 0 radical (unpaired) electrons. The van der Waals surface area contributed by atoms with E-state index < -0.39 is 0 Å². The lowest BCUT2D eigenvalue weighted by atomic mass is 10.0. The SMILES string of the molecule is c1ccc(-c2ncn(CC(c3ccncc3)N3CCOCC3)c2-c2cnc[nH]2)cc1. The van der Waals surface area contributed by atoms with Crippen molar-refractivity contribution in [3.05, 3.63) is 79.3 Å². The quantitative estimate of drug-likeness (QED) is 0.537. The molecular formula is C23H24N6O. The fourth-order valence-electron chi connectivity index (χ4n) is 4.09. The fourth-order valence-corrected chi connectivity index (χ4v) is 4.09. The number of nitrogens with zero attached hydrogens (tertiary/aromatic N) is 5. The van der Waals surface area contributed by atoms with E-state index in [9.17, 15) is 0 Å². The molecule has 1 N–H and O–H groups in total. The van der Waals surface area contributed by atoms with Crippen molar-refractivity contribution in [2.24, 2.45) is 0 Å². The van der Waals surface area contributed by atoms with E-state index in [1.807, 2.05) is 43.1 Å². The first-order valence-corrected chi connectivity index (χ1v) is 10.2. The van der Waals surface area contributed by atoms with Gasteiger partial charge in [0, 0.05) is 37.6 Å². The maximum absolute atomic E-state index is 5.59. The van der Waals surface area contributed by atoms with Gasteiger partial charge in [-0.15, -0.1) is 0 Å². The molecule has 1 atom stereocenters. The number of benzene rings is 1. The first-order valence-electron chi connectivity index (χ1n) is 10.2. The normalized spacial score (nSPS) is 15.9. The summed E-state index contributed by atoms with van der Waals surface area (Å²) in [6.07, 6.45) is 9.23. The summed E-state index contributed by atoms with van der Waals surface area (Å²) in [5.41, 5.74) is 5.30. The van der Waals surface area contributed by atoms with Gasteiger partial charge in [-0.1, -0.05) is 30.3 Å². The van der Waals surface area contributed by atoms with E-state index in [2.05, 4.69) is 48.7 Å². The number of morpholine rings is 1. The Balaban J connectivity index is 1.56. The third kappa shape index (κ3) is 3.77. The molecule has 1 fully saturated rings. The second-order valence-electron chi connectivity index (χ2n) is 7.37. The molecule has 3 aromatic heterocycles. The van der Waals surface area contributed by atoms with Crippen LogP contribution in [0.25, 0.3) is 22.6 Å². The van der Waals surface area contributed by atoms with Crippen LogP contribution in [0.4, 0.5) is 0 Å².